The van der Waals surface area contributed by atoms with Crippen molar-refractivity contribution in [1.29, 1.82) is 0 Å². The second-order valence-corrected chi connectivity index (χ2v) is 4.57. The van der Waals surface area contributed by atoms with Gasteiger partial charge in [0, 0.05) is 11.9 Å². The Bertz CT molecular complexity index is 640. The minimum absolute atomic E-state index is 0.300. The van der Waals surface area contributed by atoms with Crippen LogP contribution in [0.3, 0.4) is 0 Å². The monoisotopic (exact) mass is 299 g/mol. The lowest BCUT2D eigenvalue weighted by molar-refractivity contribution is -0.140. The molecule has 0 aliphatic rings. The molecule has 0 spiro atoms. The van der Waals surface area contributed by atoms with E-state index in [4.69, 9.17) is 5.84 Å². The van der Waals surface area contributed by atoms with E-state index in [9.17, 15) is 17.6 Å². The number of nitrogens with zero attached hydrogens (tertiary/aromatic N) is 1. The van der Waals surface area contributed by atoms with E-state index in [1.165, 1.54) is 6.07 Å². The van der Waals surface area contributed by atoms with Crippen molar-refractivity contribution in [2.75, 3.05) is 0 Å². The summed E-state index contributed by atoms with van der Waals surface area (Å²) in [6.07, 6.45) is -3.17. The topological polar surface area (TPSA) is 50.9 Å². The lowest BCUT2D eigenvalue weighted by atomic mass is 9.98. The summed E-state index contributed by atoms with van der Waals surface area (Å²) in [6.45, 7) is 1.77. The number of hydrogen-bond donors (Lipinski definition) is 2. The maximum absolute atomic E-state index is 13.6. The molecule has 1 aromatic carbocycles. The summed E-state index contributed by atoms with van der Waals surface area (Å²) in [5.74, 6) is 4.12. The van der Waals surface area contributed by atoms with Gasteiger partial charge in [0.15, 0.2) is 0 Å². The van der Waals surface area contributed by atoms with Gasteiger partial charge < -0.3 is 0 Å². The third-order valence-electron chi connectivity index (χ3n) is 3.05. The Labute approximate surface area is 118 Å². The summed E-state index contributed by atoms with van der Waals surface area (Å²) >= 11 is 0. The average Bonchev–Trinajstić information content (AvgIpc) is 2.38. The molecular weight excluding hydrogens is 286 g/mol. The lowest BCUT2D eigenvalue weighted by Crippen LogP contribution is -2.29. The molecule has 2 rings (SSSR count). The summed E-state index contributed by atoms with van der Waals surface area (Å²) in [4.78, 5) is 4.02. The van der Waals surface area contributed by atoms with E-state index in [-0.39, 0.29) is 0 Å². The zero-order valence-electron chi connectivity index (χ0n) is 11.1. The second-order valence-electron chi connectivity index (χ2n) is 4.57. The second kappa shape index (κ2) is 5.79. The van der Waals surface area contributed by atoms with E-state index in [0.29, 0.717) is 17.2 Å². The van der Waals surface area contributed by atoms with Crippen LogP contribution in [0.4, 0.5) is 17.6 Å². The number of halogens is 4. The van der Waals surface area contributed by atoms with Crippen molar-refractivity contribution >= 4 is 0 Å². The van der Waals surface area contributed by atoms with Crippen molar-refractivity contribution in [3.8, 4) is 0 Å². The van der Waals surface area contributed by atoms with Crippen LogP contribution in [0.5, 0.6) is 0 Å². The minimum atomic E-state index is -4.72. The predicted molar refractivity (Wildman–Crippen MR) is 69.5 cm³/mol. The van der Waals surface area contributed by atoms with Gasteiger partial charge in [0.1, 0.15) is 5.82 Å². The van der Waals surface area contributed by atoms with Gasteiger partial charge in [-0.2, -0.15) is 13.2 Å². The van der Waals surface area contributed by atoms with E-state index < -0.39 is 23.6 Å². The lowest BCUT2D eigenvalue weighted by Gasteiger charge is -2.18. The predicted octanol–water partition coefficient (Wildman–Crippen LogP) is 3.10. The summed E-state index contributed by atoms with van der Waals surface area (Å²) in [5, 5.41) is 0. The Kier molecular flexibility index (Phi) is 4.24. The smallest absolute Gasteiger partial charge is 0.271 e. The molecular formula is C14H13F4N3. The van der Waals surface area contributed by atoms with Crippen LogP contribution in [0.25, 0.3) is 0 Å². The molecule has 1 aromatic heterocycles. The first-order chi connectivity index (χ1) is 9.82. The van der Waals surface area contributed by atoms with Crippen LogP contribution in [0.15, 0.2) is 36.5 Å². The number of hydrogen-bond acceptors (Lipinski definition) is 3. The van der Waals surface area contributed by atoms with Crippen molar-refractivity contribution in [2.45, 2.75) is 19.1 Å². The number of nitrogens with two attached hydrogens (primary N) is 1. The van der Waals surface area contributed by atoms with E-state index in [0.717, 1.165) is 11.8 Å². The van der Waals surface area contributed by atoms with Gasteiger partial charge in [-0.05, 0) is 42.3 Å². The van der Waals surface area contributed by atoms with Crippen molar-refractivity contribution < 1.29 is 17.6 Å². The molecule has 0 saturated carbocycles. The molecule has 7 heteroatoms. The number of alkyl halides is 3. The maximum Gasteiger partial charge on any atom is 0.419 e. The number of pyridine rings is 1. The SMILES string of the molecule is Cc1cc(C(NN)c2ccc(C(F)(F)F)c(F)c2)ccn1. The van der Waals surface area contributed by atoms with Gasteiger partial charge in [-0.1, -0.05) is 6.07 Å². The molecule has 1 atom stereocenters. The quantitative estimate of drug-likeness (QED) is 0.520. The molecule has 3 nitrogen and oxygen atoms in total. The molecule has 0 saturated heterocycles. The van der Waals surface area contributed by atoms with Gasteiger partial charge in [0.2, 0.25) is 0 Å². The standard InChI is InChI=1S/C14H13F4N3/c1-8-6-10(4-5-20-8)13(21-19)9-2-3-11(12(15)7-9)14(16,17)18/h2-7,13,21H,19H2,1H3. The Hall–Kier alpha value is -1.99. The average molecular weight is 299 g/mol. The van der Waals surface area contributed by atoms with Crippen LogP contribution in [0.1, 0.15) is 28.4 Å². The summed E-state index contributed by atoms with van der Waals surface area (Å²) in [7, 11) is 0. The zero-order valence-corrected chi connectivity index (χ0v) is 11.1. The highest BCUT2D eigenvalue weighted by Crippen LogP contribution is 2.33. The van der Waals surface area contributed by atoms with Crippen molar-refractivity contribution in [3.05, 3.63) is 64.7 Å². The molecule has 0 fully saturated rings. The van der Waals surface area contributed by atoms with Crippen LogP contribution in [0, 0.1) is 12.7 Å². The molecule has 0 bridgehead atoms. The van der Waals surface area contributed by atoms with E-state index in [1.807, 2.05) is 0 Å². The zero-order chi connectivity index (χ0) is 15.6. The molecule has 21 heavy (non-hydrogen) atoms. The van der Waals surface area contributed by atoms with Crippen LogP contribution < -0.4 is 11.3 Å². The summed E-state index contributed by atoms with van der Waals surface area (Å²) in [6, 6.07) is 5.51. The fourth-order valence-electron chi connectivity index (χ4n) is 2.07. The normalized spacial score (nSPS) is 13.2. The van der Waals surface area contributed by atoms with Gasteiger partial charge in [0.05, 0.1) is 11.6 Å². The first kappa shape index (κ1) is 15.4. The van der Waals surface area contributed by atoms with Crippen molar-refractivity contribution in [2.24, 2.45) is 5.84 Å². The van der Waals surface area contributed by atoms with E-state index in [2.05, 4.69) is 10.4 Å². The number of nitrogens with one attached hydrogen (secondary N) is 1. The Morgan fingerprint density at radius 2 is 1.81 bits per heavy atom. The molecule has 112 valence electrons. The molecule has 3 N–H and O–H groups in total. The van der Waals surface area contributed by atoms with Crippen LogP contribution in [-0.2, 0) is 6.18 Å². The highest BCUT2D eigenvalue weighted by Gasteiger charge is 2.34. The molecule has 0 aliphatic carbocycles. The number of rotatable bonds is 3. The number of benzene rings is 1. The summed E-state index contributed by atoms with van der Waals surface area (Å²) < 4.78 is 51.3. The highest BCUT2D eigenvalue weighted by molar-refractivity contribution is 5.35. The molecule has 2 aromatic rings. The maximum atomic E-state index is 13.6. The Morgan fingerprint density at radius 3 is 2.33 bits per heavy atom. The van der Waals surface area contributed by atoms with Crippen molar-refractivity contribution in [1.82, 2.24) is 10.4 Å². The van der Waals surface area contributed by atoms with Crippen LogP contribution >= 0.6 is 0 Å². The molecule has 0 amide bonds. The first-order valence-electron chi connectivity index (χ1n) is 6.08. The fourth-order valence-corrected chi connectivity index (χ4v) is 2.07. The first-order valence-corrected chi connectivity index (χ1v) is 6.08. The third-order valence-corrected chi connectivity index (χ3v) is 3.05. The number of aryl methyl sites for hydroxylation is 1. The number of aromatic nitrogens is 1. The van der Waals surface area contributed by atoms with Gasteiger partial charge >= 0.3 is 6.18 Å². The minimum Gasteiger partial charge on any atom is -0.271 e. The van der Waals surface area contributed by atoms with Gasteiger partial charge in [-0.3, -0.25) is 10.8 Å². The molecule has 1 unspecified atom stereocenters. The Balaban J connectivity index is 2.42. The van der Waals surface area contributed by atoms with Gasteiger partial charge in [0.25, 0.3) is 0 Å². The van der Waals surface area contributed by atoms with E-state index >= 15 is 0 Å². The number of hydrazine groups is 1. The van der Waals surface area contributed by atoms with Crippen LogP contribution in [0.2, 0.25) is 0 Å². The van der Waals surface area contributed by atoms with Gasteiger partial charge in [-0.15, -0.1) is 0 Å². The third kappa shape index (κ3) is 3.37. The largest absolute Gasteiger partial charge is 0.419 e. The summed E-state index contributed by atoms with van der Waals surface area (Å²) in [5.41, 5.74) is 2.88. The Morgan fingerprint density at radius 1 is 1.14 bits per heavy atom. The van der Waals surface area contributed by atoms with Gasteiger partial charge in [-0.25, -0.2) is 9.82 Å². The molecule has 0 aliphatic heterocycles. The fraction of sp³-hybridized carbons (Fsp3) is 0.214. The molecule has 0 radical (unpaired) electrons. The van der Waals surface area contributed by atoms with Crippen molar-refractivity contribution in [3.63, 3.8) is 0 Å². The highest BCUT2D eigenvalue weighted by atomic mass is 19.4. The van der Waals surface area contributed by atoms with E-state index in [1.54, 1.807) is 25.3 Å². The molecule has 1 heterocycles. The van der Waals surface area contributed by atoms with Crippen LogP contribution in [-0.4, -0.2) is 4.98 Å².